The predicted octanol–water partition coefficient (Wildman–Crippen LogP) is 5.19. The first-order valence-electron chi connectivity index (χ1n) is 6.54. The lowest BCUT2D eigenvalue weighted by Crippen LogP contribution is -1.87. The summed E-state index contributed by atoms with van der Waals surface area (Å²) in [5.74, 6) is 1.19. The van der Waals surface area contributed by atoms with Crippen LogP contribution in [0.4, 0.5) is 4.39 Å². The number of allylic oxidation sites excluding steroid dienone is 2. The van der Waals surface area contributed by atoms with Crippen molar-refractivity contribution >= 4 is 5.57 Å². The second-order valence-electron chi connectivity index (χ2n) is 4.71. The van der Waals surface area contributed by atoms with Gasteiger partial charge in [-0.25, -0.2) is 4.39 Å². The summed E-state index contributed by atoms with van der Waals surface area (Å²) < 4.78 is 18.6. The number of halogens is 1. The van der Waals surface area contributed by atoms with Crippen molar-refractivity contribution in [1.29, 1.82) is 0 Å². The maximum atomic E-state index is 12.8. The van der Waals surface area contributed by atoms with Crippen molar-refractivity contribution in [2.45, 2.75) is 19.3 Å². The second-order valence-corrected chi connectivity index (χ2v) is 4.71. The number of hydrogen-bond donors (Lipinski definition) is 0. The van der Waals surface area contributed by atoms with Gasteiger partial charge in [0, 0.05) is 0 Å². The molecule has 2 heteroatoms. The zero-order chi connectivity index (χ0) is 13.1. The Labute approximate surface area is 112 Å². The average molecular weight is 254 g/mol. The Morgan fingerprint density at radius 2 is 1.79 bits per heavy atom. The fraction of sp³-hybridized carbons (Fsp3) is 0.176. The molecule has 1 aliphatic rings. The van der Waals surface area contributed by atoms with Gasteiger partial charge in [0.25, 0.3) is 0 Å². The third-order valence-electron chi connectivity index (χ3n) is 3.30. The third kappa shape index (κ3) is 2.84. The Morgan fingerprint density at radius 3 is 2.53 bits per heavy atom. The van der Waals surface area contributed by atoms with Crippen molar-refractivity contribution in [1.82, 2.24) is 0 Å². The van der Waals surface area contributed by atoms with Gasteiger partial charge in [0.05, 0.1) is 0 Å². The van der Waals surface area contributed by atoms with E-state index >= 15 is 0 Å². The van der Waals surface area contributed by atoms with Gasteiger partial charge in [-0.2, -0.15) is 0 Å². The number of rotatable bonds is 3. The van der Waals surface area contributed by atoms with E-state index in [1.165, 1.54) is 36.1 Å². The summed E-state index contributed by atoms with van der Waals surface area (Å²) in [6, 6.07) is 14.1. The minimum Gasteiger partial charge on any atom is -0.457 e. The van der Waals surface area contributed by atoms with Gasteiger partial charge in [-0.1, -0.05) is 18.2 Å². The van der Waals surface area contributed by atoms with Crippen molar-refractivity contribution in [3.05, 3.63) is 66.0 Å². The van der Waals surface area contributed by atoms with E-state index in [2.05, 4.69) is 12.1 Å². The van der Waals surface area contributed by atoms with E-state index in [-0.39, 0.29) is 5.82 Å². The van der Waals surface area contributed by atoms with E-state index in [1.807, 2.05) is 18.2 Å². The smallest absolute Gasteiger partial charge is 0.128 e. The van der Waals surface area contributed by atoms with Gasteiger partial charge >= 0.3 is 0 Å². The van der Waals surface area contributed by atoms with E-state index in [9.17, 15) is 4.39 Å². The first-order chi connectivity index (χ1) is 9.31. The van der Waals surface area contributed by atoms with Gasteiger partial charge in [-0.05, 0) is 66.8 Å². The van der Waals surface area contributed by atoms with Gasteiger partial charge in [-0.3, -0.25) is 0 Å². The summed E-state index contributed by atoms with van der Waals surface area (Å²) in [6.45, 7) is 0. The Balaban J connectivity index is 1.81. The molecule has 0 fully saturated rings. The lowest BCUT2D eigenvalue weighted by molar-refractivity contribution is 0.480. The molecule has 0 bridgehead atoms. The van der Waals surface area contributed by atoms with Crippen LogP contribution < -0.4 is 4.74 Å². The highest BCUT2D eigenvalue weighted by Gasteiger charge is 2.08. The molecule has 2 aromatic carbocycles. The fourth-order valence-electron chi connectivity index (χ4n) is 2.33. The molecule has 0 spiro atoms. The summed E-state index contributed by atoms with van der Waals surface area (Å²) in [4.78, 5) is 0. The maximum absolute atomic E-state index is 12.8. The first kappa shape index (κ1) is 12.0. The van der Waals surface area contributed by atoms with E-state index in [1.54, 1.807) is 12.1 Å². The molecule has 0 unspecified atom stereocenters. The standard InChI is InChI=1S/C17H15FO/c18-15-8-10-16(11-9-15)19-17-7-3-6-14(12-17)13-4-1-2-5-13/h3-4,6-12H,1-2,5H2. The maximum Gasteiger partial charge on any atom is 0.128 e. The Kier molecular flexibility index (Phi) is 3.32. The first-order valence-corrected chi connectivity index (χ1v) is 6.54. The average Bonchev–Trinajstić information content (AvgIpc) is 2.96. The lowest BCUT2D eigenvalue weighted by atomic mass is 10.1. The van der Waals surface area contributed by atoms with Crippen LogP contribution in [0.25, 0.3) is 5.57 Å². The van der Waals surface area contributed by atoms with Crippen LogP contribution in [0.5, 0.6) is 11.5 Å². The monoisotopic (exact) mass is 254 g/mol. The van der Waals surface area contributed by atoms with Gasteiger partial charge in [0.15, 0.2) is 0 Å². The largest absolute Gasteiger partial charge is 0.457 e. The number of benzene rings is 2. The van der Waals surface area contributed by atoms with Crippen LogP contribution in [0.3, 0.4) is 0 Å². The summed E-state index contributed by atoms with van der Waals surface area (Å²) in [5, 5.41) is 0. The van der Waals surface area contributed by atoms with Crippen molar-refractivity contribution in [2.75, 3.05) is 0 Å². The molecular weight excluding hydrogens is 239 g/mol. The van der Waals surface area contributed by atoms with E-state index in [4.69, 9.17) is 4.74 Å². The fourth-order valence-corrected chi connectivity index (χ4v) is 2.33. The predicted molar refractivity (Wildman–Crippen MR) is 74.7 cm³/mol. The van der Waals surface area contributed by atoms with Gasteiger partial charge < -0.3 is 4.74 Å². The molecule has 0 aromatic heterocycles. The number of ether oxygens (including phenoxy) is 1. The van der Waals surface area contributed by atoms with Gasteiger partial charge in [-0.15, -0.1) is 0 Å². The molecule has 0 aliphatic heterocycles. The molecule has 0 amide bonds. The normalized spacial score (nSPS) is 14.3. The summed E-state index contributed by atoms with van der Waals surface area (Å²) in [5.41, 5.74) is 2.61. The Bertz CT molecular complexity index is 599. The molecule has 3 rings (SSSR count). The van der Waals surface area contributed by atoms with Crippen molar-refractivity contribution in [2.24, 2.45) is 0 Å². The molecule has 19 heavy (non-hydrogen) atoms. The molecule has 0 heterocycles. The van der Waals surface area contributed by atoms with Crippen LogP contribution in [-0.2, 0) is 0 Å². The highest BCUT2D eigenvalue weighted by molar-refractivity contribution is 5.68. The Hall–Kier alpha value is -2.09. The molecule has 0 atom stereocenters. The summed E-state index contributed by atoms with van der Waals surface area (Å²) >= 11 is 0. The highest BCUT2D eigenvalue weighted by Crippen LogP contribution is 2.30. The molecule has 0 saturated carbocycles. The van der Waals surface area contributed by atoms with Crippen molar-refractivity contribution in [3.8, 4) is 11.5 Å². The van der Waals surface area contributed by atoms with E-state index < -0.39 is 0 Å². The topological polar surface area (TPSA) is 9.23 Å². The number of hydrogen-bond acceptors (Lipinski definition) is 1. The van der Waals surface area contributed by atoms with Crippen LogP contribution in [0.1, 0.15) is 24.8 Å². The molecule has 0 saturated heterocycles. The molecular formula is C17H15FO. The second kappa shape index (κ2) is 5.27. The molecule has 96 valence electrons. The quantitative estimate of drug-likeness (QED) is 0.732. The van der Waals surface area contributed by atoms with Crippen LogP contribution >= 0.6 is 0 Å². The molecule has 0 radical (unpaired) electrons. The van der Waals surface area contributed by atoms with Crippen molar-refractivity contribution in [3.63, 3.8) is 0 Å². The lowest BCUT2D eigenvalue weighted by Gasteiger charge is -2.08. The van der Waals surface area contributed by atoms with Crippen LogP contribution in [-0.4, -0.2) is 0 Å². The zero-order valence-electron chi connectivity index (χ0n) is 10.6. The van der Waals surface area contributed by atoms with E-state index in [0.29, 0.717) is 5.75 Å². The third-order valence-corrected chi connectivity index (χ3v) is 3.30. The molecule has 0 N–H and O–H groups in total. The van der Waals surface area contributed by atoms with Crippen LogP contribution in [0.2, 0.25) is 0 Å². The molecule has 1 aliphatic carbocycles. The van der Waals surface area contributed by atoms with Crippen molar-refractivity contribution < 1.29 is 9.13 Å². The minimum atomic E-state index is -0.253. The Morgan fingerprint density at radius 1 is 0.947 bits per heavy atom. The zero-order valence-corrected chi connectivity index (χ0v) is 10.6. The van der Waals surface area contributed by atoms with Crippen LogP contribution in [0.15, 0.2) is 54.6 Å². The van der Waals surface area contributed by atoms with Crippen LogP contribution in [0, 0.1) is 5.82 Å². The summed E-state index contributed by atoms with van der Waals surface area (Å²) in [7, 11) is 0. The summed E-state index contributed by atoms with van der Waals surface area (Å²) in [6.07, 6.45) is 5.83. The molecule has 1 nitrogen and oxygen atoms in total. The highest BCUT2D eigenvalue weighted by atomic mass is 19.1. The van der Waals surface area contributed by atoms with Gasteiger partial charge in [0.1, 0.15) is 17.3 Å². The SMILES string of the molecule is Fc1ccc(Oc2cccc(C3=CCCC3)c2)cc1. The minimum absolute atomic E-state index is 0.253. The molecule has 2 aromatic rings. The van der Waals surface area contributed by atoms with Gasteiger partial charge in [0.2, 0.25) is 0 Å². The van der Waals surface area contributed by atoms with E-state index in [0.717, 1.165) is 12.2 Å².